The van der Waals surface area contributed by atoms with Crippen LogP contribution in [0, 0.1) is 25.2 Å². The van der Waals surface area contributed by atoms with Gasteiger partial charge in [0, 0.05) is 23.1 Å². The van der Waals surface area contributed by atoms with E-state index in [-0.39, 0.29) is 12.4 Å². The molecule has 0 bridgehead atoms. The molecule has 0 spiro atoms. The van der Waals surface area contributed by atoms with Crippen molar-refractivity contribution in [3.63, 3.8) is 0 Å². The van der Waals surface area contributed by atoms with Crippen LogP contribution in [0.1, 0.15) is 17.0 Å². The van der Waals surface area contributed by atoms with E-state index < -0.39 is 5.91 Å². The molecule has 0 fully saturated rings. The highest BCUT2D eigenvalue weighted by Crippen LogP contribution is 2.35. The van der Waals surface area contributed by atoms with Gasteiger partial charge in [-0.05, 0) is 43.7 Å². The molecule has 116 valence electrons. The summed E-state index contributed by atoms with van der Waals surface area (Å²) in [5.41, 5.74) is 8.68. The zero-order chi connectivity index (χ0) is 16.6. The van der Waals surface area contributed by atoms with Gasteiger partial charge in [0.2, 0.25) is 6.79 Å². The van der Waals surface area contributed by atoms with Crippen molar-refractivity contribution in [2.45, 2.75) is 13.8 Å². The molecule has 2 N–H and O–H groups in total. The highest BCUT2D eigenvalue weighted by atomic mass is 16.7. The molecule has 0 saturated carbocycles. The van der Waals surface area contributed by atoms with Gasteiger partial charge in [-0.1, -0.05) is 0 Å². The predicted octanol–water partition coefficient (Wildman–Crippen LogP) is 2.22. The number of carbonyl (C=O) groups is 1. The number of benzene rings is 1. The molecular formula is C17H15N3O3. The van der Waals surface area contributed by atoms with E-state index in [0.717, 1.165) is 28.4 Å². The van der Waals surface area contributed by atoms with Crippen molar-refractivity contribution in [1.29, 1.82) is 5.26 Å². The molecule has 3 rings (SSSR count). The Morgan fingerprint density at radius 3 is 2.74 bits per heavy atom. The largest absolute Gasteiger partial charge is 0.454 e. The molecule has 1 aliphatic rings. The number of rotatable bonds is 3. The Bertz CT molecular complexity index is 872. The van der Waals surface area contributed by atoms with Crippen molar-refractivity contribution in [2.24, 2.45) is 5.73 Å². The van der Waals surface area contributed by atoms with Crippen molar-refractivity contribution >= 4 is 12.0 Å². The topological polar surface area (TPSA) is 90.3 Å². The van der Waals surface area contributed by atoms with Crippen LogP contribution in [0.25, 0.3) is 11.8 Å². The third kappa shape index (κ3) is 2.53. The SMILES string of the molecule is Cc1cc(/C=C(\C#N)C(N)=O)c(C)n1-c1ccc2c(c1)OCO2. The summed E-state index contributed by atoms with van der Waals surface area (Å²) in [7, 11) is 0. The summed E-state index contributed by atoms with van der Waals surface area (Å²) in [5.74, 6) is 0.680. The molecule has 1 aliphatic heterocycles. The standard InChI is InChI=1S/C17H15N3O3/c1-10-5-12(6-13(8-18)17(19)21)11(2)20(10)14-3-4-15-16(7-14)23-9-22-15/h3-7H,9H2,1-2H3,(H2,19,21)/b13-6+. The quantitative estimate of drug-likeness (QED) is 0.695. The number of aryl methyl sites for hydroxylation is 1. The van der Waals surface area contributed by atoms with Crippen LogP contribution in [0.5, 0.6) is 11.5 Å². The number of nitrogens with two attached hydrogens (primary N) is 1. The number of fused-ring (bicyclic) bond motifs is 1. The Kier molecular flexibility index (Phi) is 3.54. The fourth-order valence-corrected chi connectivity index (χ4v) is 2.67. The van der Waals surface area contributed by atoms with E-state index in [0.29, 0.717) is 5.75 Å². The molecule has 23 heavy (non-hydrogen) atoms. The van der Waals surface area contributed by atoms with Crippen molar-refractivity contribution in [3.8, 4) is 23.3 Å². The number of carbonyl (C=O) groups excluding carboxylic acids is 1. The highest BCUT2D eigenvalue weighted by molar-refractivity contribution is 6.00. The molecule has 2 aromatic rings. The van der Waals surface area contributed by atoms with E-state index in [4.69, 9.17) is 20.5 Å². The molecule has 0 saturated heterocycles. The first-order valence-corrected chi connectivity index (χ1v) is 7.02. The number of hydrogen-bond acceptors (Lipinski definition) is 4. The summed E-state index contributed by atoms with van der Waals surface area (Å²) in [6, 6.07) is 9.41. The van der Waals surface area contributed by atoms with E-state index in [9.17, 15) is 4.79 Å². The normalized spacial score (nSPS) is 13.0. The summed E-state index contributed by atoms with van der Waals surface area (Å²) < 4.78 is 12.7. The molecule has 1 aromatic heterocycles. The summed E-state index contributed by atoms with van der Waals surface area (Å²) in [6.07, 6.45) is 1.51. The zero-order valence-corrected chi connectivity index (χ0v) is 12.8. The maximum atomic E-state index is 11.2. The third-order valence-corrected chi connectivity index (χ3v) is 3.77. The van der Waals surface area contributed by atoms with Crippen LogP contribution >= 0.6 is 0 Å². The van der Waals surface area contributed by atoms with Crippen molar-refractivity contribution in [1.82, 2.24) is 4.57 Å². The zero-order valence-electron chi connectivity index (χ0n) is 12.8. The summed E-state index contributed by atoms with van der Waals surface area (Å²) in [5, 5.41) is 8.99. The average molecular weight is 309 g/mol. The Morgan fingerprint density at radius 1 is 1.30 bits per heavy atom. The predicted molar refractivity (Wildman–Crippen MR) is 84.2 cm³/mol. The van der Waals surface area contributed by atoms with Gasteiger partial charge >= 0.3 is 0 Å². The molecule has 0 unspecified atom stereocenters. The lowest BCUT2D eigenvalue weighted by atomic mass is 10.1. The van der Waals surface area contributed by atoms with E-state index >= 15 is 0 Å². The van der Waals surface area contributed by atoms with Crippen LogP contribution in [-0.4, -0.2) is 17.3 Å². The minimum atomic E-state index is -0.736. The van der Waals surface area contributed by atoms with Gasteiger partial charge in [-0.2, -0.15) is 5.26 Å². The van der Waals surface area contributed by atoms with E-state index in [1.54, 1.807) is 0 Å². The van der Waals surface area contributed by atoms with Crippen LogP contribution < -0.4 is 15.2 Å². The highest BCUT2D eigenvalue weighted by Gasteiger charge is 2.17. The molecular weight excluding hydrogens is 294 g/mol. The maximum absolute atomic E-state index is 11.2. The molecule has 1 aromatic carbocycles. The number of ether oxygens (including phenoxy) is 2. The summed E-state index contributed by atoms with van der Waals surface area (Å²) in [6.45, 7) is 4.09. The molecule has 2 heterocycles. The van der Waals surface area contributed by atoms with Gasteiger partial charge in [-0.3, -0.25) is 4.79 Å². The Morgan fingerprint density at radius 2 is 2.04 bits per heavy atom. The van der Waals surface area contributed by atoms with Crippen molar-refractivity contribution in [2.75, 3.05) is 6.79 Å². The van der Waals surface area contributed by atoms with Crippen LogP contribution in [-0.2, 0) is 4.79 Å². The van der Waals surface area contributed by atoms with Gasteiger partial charge in [-0.25, -0.2) is 0 Å². The van der Waals surface area contributed by atoms with Crippen LogP contribution in [0.2, 0.25) is 0 Å². The molecule has 0 aliphatic carbocycles. The number of nitriles is 1. The number of nitrogens with zero attached hydrogens (tertiary/aromatic N) is 2. The van der Waals surface area contributed by atoms with E-state index in [2.05, 4.69) is 0 Å². The maximum Gasteiger partial charge on any atom is 0.259 e. The second-order valence-electron chi connectivity index (χ2n) is 5.23. The smallest absolute Gasteiger partial charge is 0.259 e. The molecule has 6 nitrogen and oxygen atoms in total. The van der Waals surface area contributed by atoms with Gasteiger partial charge in [-0.15, -0.1) is 0 Å². The second kappa shape index (κ2) is 5.54. The minimum Gasteiger partial charge on any atom is -0.454 e. The first-order valence-electron chi connectivity index (χ1n) is 7.02. The number of hydrogen-bond donors (Lipinski definition) is 1. The number of amides is 1. The van der Waals surface area contributed by atoms with E-state index in [1.807, 2.05) is 48.7 Å². The van der Waals surface area contributed by atoms with Gasteiger partial charge in [0.05, 0.1) is 0 Å². The van der Waals surface area contributed by atoms with Gasteiger partial charge in [0.1, 0.15) is 11.6 Å². The van der Waals surface area contributed by atoms with E-state index in [1.165, 1.54) is 6.08 Å². The number of aromatic nitrogens is 1. The summed E-state index contributed by atoms with van der Waals surface area (Å²) in [4.78, 5) is 11.2. The van der Waals surface area contributed by atoms with Crippen LogP contribution in [0.4, 0.5) is 0 Å². The lowest BCUT2D eigenvalue weighted by Gasteiger charge is -2.10. The minimum absolute atomic E-state index is 0.0732. The lowest BCUT2D eigenvalue weighted by Crippen LogP contribution is -2.12. The van der Waals surface area contributed by atoms with Gasteiger partial charge in [0.15, 0.2) is 11.5 Å². The fraction of sp³-hybridized carbons (Fsp3) is 0.176. The Hall–Kier alpha value is -3.20. The first kappa shape index (κ1) is 14.7. The van der Waals surface area contributed by atoms with Crippen LogP contribution in [0.15, 0.2) is 29.8 Å². The number of primary amides is 1. The molecule has 0 atom stereocenters. The molecule has 0 radical (unpaired) electrons. The third-order valence-electron chi connectivity index (χ3n) is 3.77. The average Bonchev–Trinajstić information content (AvgIpc) is 3.08. The van der Waals surface area contributed by atoms with Gasteiger partial charge in [0.25, 0.3) is 5.91 Å². The summed E-state index contributed by atoms with van der Waals surface area (Å²) >= 11 is 0. The van der Waals surface area contributed by atoms with Gasteiger partial charge < -0.3 is 19.8 Å². The monoisotopic (exact) mass is 309 g/mol. The van der Waals surface area contributed by atoms with Crippen LogP contribution in [0.3, 0.4) is 0 Å². The molecule has 6 heteroatoms. The lowest BCUT2D eigenvalue weighted by molar-refractivity contribution is -0.114. The molecule has 1 amide bonds. The fourth-order valence-electron chi connectivity index (χ4n) is 2.67. The second-order valence-corrected chi connectivity index (χ2v) is 5.23. The Balaban J connectivity index is 2.09. The Labute approximate surface area is 133 Å². The first-order chi connectivity index (χ1) is 11.0. The van der Waals surface area contributed by atoms with Crippen molar-refractivity contribution < 1.29 is 14.3 Å². The van der Waals surface area contributed by atoms with Crippen molar-refractivity contribution in [3.05, 3.63) is 46.8 Å².